The van der Waals surface area contributed by atoms with Crippen LogP contribution < -0.4 is 10.2 Å². The third-order valence-corrected chi connectivity index (χ3v) is 7.84. The van der Waals surface area contributed by atoms with Crippen LogP contribution in [0.4, 0.5) is 23.7 Å². The molecule has 0 saturated carbocycles. The monoisotopic (exact) mass is 565 g/mol. The number of pyridine rings is 1. The van der Waals surface area contributed by atoms with Crippen LogP contribution in [-0.2, 0) is 18.1 Å². The van der Waals surface area contributed by atoms with Crippen LogP contribution >= 0.6 is 11.6 Å². The molecule has 2 aromatic carbocycles. The Morgan fingerprint density at radius 1 is 1.15 bits per heavy atom. The Balaban J connectivity index is 1.32. The maximum atomic E-state index is 14.2. The number of likely N-dealkylation sites (tertiary alicyclic amines) is 1. The Kier molecular flexibility index (Phi) is 7.83. The lowest BCUT2D eigenvalue weighted by molar-refractivity contribution is -0.138. The van der Waals surface area contributed by atoms with Gasteiger partial charge in [0.1, 0.15) is 5.15 Å². The van der Waals surface area contributed by atoms with Crippen LogP contribution in [0.25, 0.3) is 6.08 Å². The number of alkyl halides is 3. The second-order valence-corrected chi connectivity index (χ2v) is 10.5. The molecule has 3 heterocycles. The number of piperidine rings is 1. The number of amides is 2. The van der Waals surface area contributed by atoms with Gasteiger partial charge in [-0.2, -0.15) is 18.4 Å². The molecule has 10 heteroatoms. The predicted molar refractivity (Wildman–Crippen MR) is 148 cm³/mol. The molecule has 2 aliphatic rings. The third kappa shape index (κ3) is 5.83. The molecule has 1 fully saturated rings. The Hall–Kier alpha value is -3.87. The molecular weight excluding hydrogens is 539 g/mol. The first-order valence-corrected chi connectivity index (χ1v) is 13.3. The van der Waals surface area contributed by atoms with E-state index in [2.05, 4.69) is 21.3 Å². The summed E-state index contributed by atoms with van der Waals surface area (Å²) in [5, 5.41) is 12.1. The van der Waals surface area contributed by atoms with Gasteiger partial charge in [0.25, 0.3) is 0 Å². The minimum absolute atomic E-state index is 0.179. The Labute approximate surface area is 235 Å². The van der Waals surface area contributed by atoms with Crippen molar-refractivity contribution in [3.63, 3.8) is 0 Å². The molecule has 40 heavy (non-hydrogen) atoms. The number of urea groups is 1. The Morgan fingerprint density at radius 3 is 2.58 bits per heavy atom. The van der Waals surface area contributed by atoms with Gasteiger partial charge in [-0.15, -0.1) is 0 Å². The highest BCUT2D eigenvalue weighted by Crippen LogP contribution is 2.51. The second-order valence-electron chi connectivity index (χ2n) is 10.1. The number of fused-ring (bicyclic) bond motifs is 2. The van der Waals surface area contributed by atoms with Crippen LogP contribution in [0.15, 0.2) is 66.9 Å². The molecule has 0 aliphatic carbocycles. The van der Waals surface area contributed by atoms with Crippen molar-refractivity contribution in [2.24, 2.45) is 0 Å². The van der Waals surface area contributed by atoms with E-state index in [-0.39, 0.29) is 18.7 Å². The summed E-state index contributed by atoms with van der Waals surface area (Å²) in [6.45, 7) is 2.23. The lowest BCUT2D eigenvalue weighted by Crippen LogP contribution is -2.48. The molecule has 3 aromatic rings. The van der Waals surface area contributed by atoms with Crippen molar-refractivity contribution < 1.29 is 18.0 Å². The van der Waals surface area contributed by atoms with E-state index in [0.29, 0.717) is 48.9 Å². The van der Waals surface area contributed by atoms with Gasteiger partial charge in [0.05, 0.1) is 17.2 Å². The maximum Gasteiger partial charge on any atom is 0.416 e. The van der Waals surface area contributed by atoms with E-state index in [1.165, 1.54) is 17.2 Å². The van der Waals surface area contributed by atoms with E-state index in [4.69, 9.17) is 16.9 Å². The van der Waals surface area contributed by atoms with Gasteiger partial charge < -0.3 is 5.32 Å². The highest BCUT2D eigenvalue weighted by Gasteiger charge is 2.51. The number of nitriles is 1. The van der Waals surface area contributed by atoms with E-state index in [0.717, 1.165) is 17.2 Å². The molecule has 5 rings (SSSR count). The van der Waals surface area contributed by atoms with Gasteiger partial charge in [-0.25, -0.2) is 9.78 Å². The number of anilines is 1. The van der Waals surface area contributed by atoms with E-state index >= 15 is 0 Å². The molecule has 1 N–H and O–H groups in total. The van der Waals surface area contributed by atoms with Crippen molar-refractivity contribution in [2.45, 2.75) is 31.0 Å². The molecule has 0 unspecified atom stereocenters. The summed E-state index contributed by atoms with van der Waals surface area (Å²) in [6.07, 6.45) is 2.00. The lowest BCUT2D eigenvalue weighted by Gasteiger charge is -2.40. The van der Waals surface area contributed by atoms with Gasteiger partial charge in [0, 0.05) is 36.9 Å². The summed E-state index contributed by atoms with van der Waals surface area (Å²) in [5.41, 5.74) is 1.39. The number of carbonyl (C=O) groups excluding carboxylic acids is 1. The first-order valence-electron chi connectivity index (χ1n) is 12.9. The van der Waals surface area contributed by atoms with Gasteiger partial charge in [-0.1, -0.05) is 42.0 Å². The van der Waals surface area contributed by atoms with Gasteiger partial charge >= 0.3 is 12.2 Å². The molecule has 6 nitrogen and oxygen atoms in total. The number of benzene rings is 2. The molecule has 2 aliphatic heterocycles. The third-order valence-electron chi connectivity index (χ3n) is 7.64. The largest absolute Gasteiger partial charge is 0.416 e. The van der Waals surface area contributed by atoms with Crippen molar-refractivity contribution in [1.29, 1.82) is 5.26 Å². The summed E-state index contributed by atoms with van der Waals surface area (Å²) in [6, 6.07) is 16.4. The van der Waals surface area contributed by atoms with Crippen LogP contribution in [0.3, 0.4) is 0 Å². The van der Waals surface area contributed by atoms with E-state index in [9.17, 15) is 18.0 Å². The average Bonchev–Trinajstić information content (AvgIpc) is 3.27. The molecule has 2 amide bonds. The predicted octanol–water partition coefficient (Wildman–Crippen LogP) is 6.40. The van der Waals surface area contributed by atoms with Crippen LogP contribution in [0.2, 0.25) is 5.15 Å². The summed E-state index contributed by atoms with van der Waals surface area (Å²) in [7, 11) is 0. The lowest BCUT2D eigenvalue weighted by atomic mass is 9.72. The van der Waals surface area contributed by atoms with Crippen molar-refractivity contribution in [2.75, 3.05) is 31.1 Å². The number of hydrogen-bond acceptors (Lipinski definition) is 4. The van der Waals surface area contributed by atoms with Crippen LogP contribution in [0.1, 0.15) is 40.7 Å². The topological polar surface area (TPSA) is 72.3 Å². The Bertz CT molecular complexity index is 1460. The molecule has 0 atom stereocenters. The quantitative estimate of drug-likeness (QED) is 0.363. The fraction of sp³-hybridized carbons (Fsp3) is 0.300. The standard InChI is InChI=1S/C30H27ClF3N5O/c31-26-17-23(10-13-36-26)19-37-28(40)39-20-29(27-24(30(32,33)34)4-1-5-25(27)39)11-15-38(16-12-29)14-2-3-21-6-8-22(18-35)9-7-21/h1-10,13,17H,11-12,14-16,19-20H2,(H,37,40)/b3-2+. The minimum Gasteiger partial charge on any atom is -0.334 e. The average molecular weight is 566 g/mol. The first-order chi connectivity index (χ1) is 19.2. The minimum atomic E-state index is -4.53. The summed E-state index contributed by atoms with van der Waals surface area (Å²) < 4.78 is 42.6. The number of aromatic nitrogens is 1. The molecular formula is C30H27ClF3N5O. The molecule has 1 saturated heterocycles. The van der Waals surface area contributed by atoms with Crippen LogP contribution in [0.5, 0.6) is 0 Å². The molecule has 1 aromatic heterocycles. The number of halogens is 4. The summed E-state index contributed by atoms with van der Waals surface area (Å²) >= 11 is 5.94. The van der Waals surface area contributed by atoms with Gasteiger partial charge in [-0.05, 0) is 79.0 Å². The number of nitrogens with zero attached hydrogens (tertiary/aromatic N) is 4. The molecule has 0 bridgehead atoms. The SMILES string of the molecule is N#Cc1ccc(/C=C/CN2CCC3(CC2)CN(C(=O)NCc2ccnc(Cl)c2)c2cccc(C(F)(F)F)c23)cc1. The second kappa shape index (κ2) is 11.3. The van der Waals surface area contributed by atoms with Gasteiger partial charge in [0.15, 0.2) is 0 Å². The number of carbonyl (C=O) groups is 1. The molecule has 0 radical (unpaired) electrons. The van der Waals surface area contributed by atoms with Crippen molar-refractivity contribution in [3.8, 4) is 6.07 Å². The fourth-order valence-corrected chi connectivity index (χ4v) is 5.81. The fourth-order valence-electron chi connectivity index (χ4n) is 5.61. The zero-order valence-corrected chi connectivity index (χ0v) is 22.3. The number of hydrogen-bond donors (Lipinski definition) is 1. The highest BCUT2D eigenvalue weighted by molar-refractivity contribution is 6.29. The Morgan fingerprint density at radius 2 is 1.90 bits per heavy atom. The van der Waals surface area contributed by atoms with Crippen molar-refractivity contribution in [1.82, 2.24) is 15.2 Å². The van der Waals surface area contributed by atoms with Gasteiger partial charge in [0.2, 0.25) is 0 Å². The van der Waals surface area contributed by atoms with E-state index < -0.39 is 23.2 Å². The van der Waals surface area contributed by atoms with Crippen LogP contribution in [0, 0.1) is 11.3 Å². The molecule has 1 spiro atoms. The highest BCUT2D eigenvalue weighted by atomic mass is 35.5. The zero-order chi connectivity index (χ0) is 28.3. The first kappa shape index (κ1) is 27.7. The smallest absolute Gasteiger partial charge is 0.334 e. The zero-order valence-electron chi connectivity index (χ0n) is 21.6. The van der Waals surface area contributed by atoms with E-state index in [1.54, 1.807) is 30.3 Å². The van der Waals surface area contributed by atoms with E-state index in [1.807, 2.05) is 24.3 Å². The van der Waals surface area contributed by atoms with Crippen molar-refractivity contribution in [3.05, 3.63) is 99.8 Å². The summed E-state index contributed by atoms with van der Waals surface area (Å²) in [4.78, 5) is 20.9. The van der Waals surface area contributed by atoms with Crippen LogP contribution in [-0.4, -0.2) is 42.1 Å². The number of nitrogens with one attached hydrogen (secondary N) is 1. The van der Waals surface area contributed by atoms with Crippen molar-refractivity contribution >= 4 is 29.4 Å². The number of rotatable bonds is 5. The normalized spacial score (nSPS) is 16.7. The summed E-state index contributed by atoms with van der Waals surface area (Å²) in [5.74, 6) is 0. The van der Waals surface area contributed by atoms with Gasteiger partial charge in [-0.3, -0.25) is 9.80 Å². The molecule has 206 valence electrons. The maximum absolute atomic E-state index is 14.2.